The average Bonchev–Trinajstić information content (AvgIpc) is 2.71. The number of carbonyl (C=O) groups is 1. The first-order chi connectivity index (χ1) is 7.08. The van der Waals surface area contributed by atoms with Crippen molar-refractivity contribution in [1.82, 2.24) is 0 Å². The summed E-state index contributed by atoms with van der Waals surface area (Å²) in [6.45, 7) is 3.80. The van der Waals surface area contributed by atoms with Crippen LogP contribution in [-0.2, 0) is 0 Å². The van der Waals surface area contributed by atoms with Gasteiger partial charge in [0.1, 0.15) is 12.0 Å². The standard InChI is InChI=1S/C11H9BrO2S/c1-6-3-8(5-14-6)10(13)11-9(12)4-7(2)15-11/h3-5H,1-2H3. The molecule has 4 heteroatoms. The molecule has 0 aromatic carbocycles. The van der Waals surface area contributed by atoms with Crippen LogP contribution in [0.4, 0.5) is 0 Å². The van der Waals surface area contributed by atoms with Gasteiger partial charge in [0, 0.05) is 9.35 Å². The van der Waals surface area contributed by atoms with E-state index in [4.69, 9.17) is 4.42 Å². The first-order valence-electron chi connectivity index (χ1n) is 4.43. The van der Waals surface area contributed by atoms with Crippen molar-refractivity contribution in [3.63, 3.8) is 0 Å². The van der Waals surface area contributed by atoms with Crippen LogP contribution in [0.25, 0.3) is 0 Å². The van der Waals surface area contributed by atoms with E-state index in [1.807, 2.05) is 19.9 Å². The van der Waals surface area contributed by atoms with Gasteiger partial charge in [-0.15, -0.1) is 11.3 Å². The number of rotatable bonds is 2. The minimum absolute atomic E-state index is 0.0109. The number of aryl methyl sites for hydroxylation is 2. The Kier molecular flexibility index (Phi) is 2.80. The smallest absolute Gasteiger partial charge is 0.207 e. The number of halogens is 1. The van der Waals surface area contributed by atoms with Gasteiger partial charge in [0.15, 0.2) is 0 Å². The summed E-state index contributed by atoms with van der Waals surface area (Å²) in [5.41, 5.74) is 0.607. The van der Waals surface area contributed by atoms with Gasteiger partial charge in [-0.3, -0.25) is 4.79 Å². The molecule has 2 aromatic heterocycles. The number of ketones is 1. The Morgan fingerprint density at radius 1 is 1.40 bits per heavy atom. The molecule has 78 valence electrons. The predicted octanol–water partition coefficient (Wildman–Crippen LogP) is 3.95. The van der Waals surface area contributed by atoms with Crippen molar-refractivity contribution in [2.24, 2.45) is 0 Å². The molecule has 2 rings (SSSR count). The lowest BCUT2D eigenvalue weighted by molar-refractivity contribution is 0.104. The molecule has 0 atom stereocenters. The Labute approximate surface area is 100 Å². The Morgan fingerprint density at radius 3 is 2.60 bits per heavy atom. The van der Waals surface area contributed by atoms with E-state index in [1.54, 1.807) is 6.07 Å². The third-order valence-corrected chi connectivity index (χ3v) is 3.95. The van der Waals surface area contributed by atoms with E-state index in [0.29, 0.717) is 5.56 Å². The van der Waals surface area contributed by atoms with E-state index in [-0.39, 0.29) is 5.78 Å². The molecule has 0 N–H and O–H groups in total. The zero-order valence-electron chi connectivity index (χ0n) is 8.33. The molecule has 0 aliphatic rings. The number of thiophene rings is 1. The highest BCUT2D eigenvalue weighted by Gasteiger charge is 2.16. The lowest BCUT2D eigenvalue weighted by Gasteiger charge is -1.93. The van der Waals surface area contributed by atoms with Crippen LogP contribution >= 0.6 is 27.3 Å². The fourth-order valence-corrected chi connectivity index (χ4v) is 3.12. The molecule has 0 radical (unpaired) electrons. The number of hydrogen-bond acceptors (Lipinski definition) is 3. The average molecular weight is 285 g/mol. The topological polar surface area (TPSA) is 30.2 Å². The molecule has 15 heavy (non-hydrogen) atoms. The molecule has 2 aromatic rings. The largest absolute Gasteiger partial charge is 0.469 e. The van der Waals surface area contributed by atoms with Crippen molar-refractivity contribution in [1.29, 1.82) is 0 Å². The molecule has 0 bridgehead atoms. The predicted molar refractivity (Wildman–Crippen MR) is 63.6 cm³/mol. The maximum absolute atomic E-state index is 12.0. The molecule has 2 nitrogen and oxygen atoms in total. The first-order valence-corrected chi connectivity index (χ1v) is 6.04. The molecule has 0 aliphatic heterocycles. The monoisotopic (exact) mass is 284 g/mol. The number of furan rings is 1. The summed E-state index contributed by atoms with van der Waals surface area (Å²) in [6, 6.07) is 3.70. The van der Waals surface area contributed by atoms with E-state index in [1.165, 1.54) is 17.6 Å². The maximum atomic E-state index is 12.0. The summed E-state index contributed by atoms with van der Waals surface area (Å²) in [4.78, 5) is 13.9. The molecule has 0 spiro atoms. The van der Waals surface area contributed by atoms with E-state index in [9.17, 15) is 4.79 Å². The Bertz CT molecular complexity index is 510. The fourth-order valence-electron chi connectivity index (χ4n) is 1.33. The Morgan fingerprint density at radius 2 is 2.13 bits per heavy atom. The van der Waals surface area contributed by atoms with Gasteiger partial charge in [-0.25, -0.2) is 0 Å². The summed E-state index contributed by atoms with van der Waals surface area (Å²) >= 11 is 4.87. The summed E-state index contributed by atoms with van der Waals surface area (Å²) in [6.07, 6.45) is 1.50. The van der Waals surface area contributed by atoms with Gasteiger partial charge in [0.25, 0.3) is 0 Å². The van der Waals surface area contributed by atoms with Crippen LogP contribution in [0.5, 0.6) is 0 Å². The van der Waals surface area contributed by atoms with Gasteiger partial charge < -0.3 is 4.42 Å². The highest BCUT2D eigenvalue weighted by molar-refractivity contribution is 9.10. The lowest BCUT2D eigenvalue weighted by Crippen LogP contribution is -1.96. The second-order valence-electron chi connectivity index (χ2n) is 3.31. The summed E-state index contributed by atoms with van der Waals surface area (Å²) in [5.74, 6) is 0.763. The second kappa shape index (κ2) is 3.94. The van der Waals surface area contributed by atoms with E-state index >= 15 is 0 Å². The summed E-state index contributed by atoms with van der Waals surface area (Å²) in [7, 11) is 0. The van der Waals surface area contributed by atoms with Gasteiger partial charge in [0.2, 0.25) is 5.78 Å². The van der Waals surface area contributed by atoms with Crippen molar-refractivity contribution in [2.45, 2.75) is 13.8 Å². The van der Waals surface area contributed by atoms with Crippen LogP contribution in [0.3, 0.4) is 0 Å². The number of hydrogen-bond donors (Lipinski definition) is 0. The maximum Gasteiger partial charge on any atom is 0.207 e. The van der Waals surface area contributed by atoms with Crippen LogP contribution < -0.4 is 0 Å². The zero-order chi connectivity index (χ0) is 11.0. The summed E-state index contributed by atoms with van der Waals surface area (Å²) < 4.78 is 5.98. The SMILES string of the molecule is Cc1cc(C(=O)c2sc(C)cc2Br)co1. The number of carbonyl (C=O) groups excluding carboxylic acids is 1. The molecule has 0 amide bonds. The van der Waals surface area contributed by atoms with Crippen LogP contribution in [0.15, 0.2) is 27.3 Å². The van der Waals surface area contributed by atoms with E-state index in [0.717, 1.165) is 20.0 Å². The molecule has 0 saturated heterocycles. The third kappa shape index (κ3) is 2.06. The van der Waals surface area contributed by atoms with Gasteiger partial charge in [-0.2, -0.15) is 0 Å². The van der Waals surface area contributed by atoms with E-state index < -0.39 is 0 Å². The Hall–Kier alpha value is -0.870. The van der Waals surface area contributed by atoms with Crippen LogP contribution in [-0.4, -0.2) is 5.78 Å². The molecule has 0 saturated carbocycles. The van der Waals surface area contributed by atoms with Crippen LogP contribution in [0, 0.1) is 13.8 Å². The van der Waals surface area contributed by atoms with Crippen molar-refractivity contribution >= 4 is 33.0 Å². The quantitative estimate of drug-likeness (QED) is 0.782. The molecule has 0 unspecified atom stereocenters. The minimum Gasteiger partial charge on any atom is -0.469 e. The highest BCUT2D eigenvalue weighted by Crippen LogP contribution is 2.29. The molecular weight excluding hydrogens is 276 g/mol. The van der Waals surface area contributed by atoms with Gasteiger partial charge >= 0.3 is 0 Å². The highest BCUT2D eigenvalue weighted by atomic mass is 79.9. The fraction of sp³-hybridized carbons (Fsp3) is 0.182. The Balaban J connectivity index is 2.40. The van der Waals surface area contributed by atoms with Crippen molar-refractivity contribution in [3.8, 4) is 0 Å². The van der Waals surface area contributed by atoms with Crippen molar-refractivity contribution in [3.05, 3.63) is 43.9 Å². The molecular formula is C11H9BrO2S. The molecule has 0 fully saturated rings. The van der Waals surface area contributed by atoms with Crippen LogP contribution in [0.1, 0.15) is 25.9 Å². The first kappa shape index (κ1) is 10.6. The van der Waals surface area contributed by atoms with Crippen molar-refractivity contribution < 1.29 is 9.21 Å². The third-order valence-electron chi connectivity index (χ3n) is 2.01. The van der Waals surface area contributed by atoms with Crippen molar-refractivity contribution in [2.75, 3.05) is 0 Å². The van der Waals surface area contributed by atoms with Gasteiger partial charge in [0.05, 0.1) is 10.4 Å². The summed E-state index contributed by atoms with van der Waals surface area (Å²) in [5, 5.41) is 0. The molecule has 2 heterocycles. The van der Waals surface area contributed by atoms with Crippen LogP contribution in [0.2, 0.25) is 0 Å². The normalized spacial score (nSPS) is 10.6. The zero-order valence-corrected chi connectivity index (χ0v) is 10.7. The lowest BCUT2D eigenvalue weighted by atomic mass is 10.2. The van der Waals surface area contributed by atoms with Gasteiger partial charge in [-0.1, -0.05) is 0 Å². The van der Waals surface area contributed by atoms with E-state index in [2.05, 4.69) is 15.9 Å². The van der Waals surface area contributed by atoms with Gasteiger partial charge in [-0.05, 0) is 41.9 Å². The second-order valence-corrected chi connectivity index (χ2v) is 5.42. The minimum atomic E-state index is 0.0109. The molecule has 0 aliphatic carbocycles.